The average molecular weight is 483 g/mol. The van der Waals surface area contributed by atoms with Crippen molar-refractivity contribution >= 4 is 29.7 Å². The van der Waals surface area contributed by atoms with Crippen molar-refractivity contribution in [2.24, 2.45) is 5.92 Å². The van der Waals surface area contributed by atoms with Gasteiger partial charge in [-0.25, -0.2) is 4.79 Å². The van der Waals surface area contributed by atoms with Crippen LogP contribution in [-0.2, 0) is 28.7 Å². The standard InChI is InChI=1S/C19H32N2O5.C4H6N2O2/c1-4-8-14(19(25)26-5-2)20-12(3)17(22)21-15-10-7-6-9-13(15)11-16(21)18(23)24;7-3-4(8)6-2-1-5-3/h12-16,20H,4-11H2,1-3H3,(H,23,24);1-2H2,(H,5,7)(H,6,8)/t12-,13-,14-,15-,16-;/m0./s1. The molecule has 0 radical (unpaired) electrons. The Labute approximate surface area is 200 Å². The van der Waals surface area contributed by atoms with Crippen LogP contribution in [0.25, 0.3) is 0 Å². The Morgan fingerprint density at radius 3 is 2.26 bits per heavy atom. The van der Waals surface area contributed by atoms with Gasteiger partial charge in [0, 0.05) is 19.1 Å². The lowest BCUT2D eigenvalue weighted by Gasteiger charge is -2.35. The number of nitrogens with one attached hydrogen (secondary N) is 3. The summed E-state index contributed by atoms with van der Waals surface area (Å²) in [5.74, 6) is -2.31. The number of carbonyl (C=O) groups is 5. The van der Waals surface area contributed by atoms with E-state index in [-0.39, 0.29) is 23.8 Å². The molecule has 3 aliphatic rings. The lowest BCUT2D eigenvalue weighted by molar-refractivity contribution is -0.152. The number of hydrogen-bond donors (Lipinski definition) is 4. The number of fused-ring (bicyclic) bond motifs is 1. The highest BCUT2D eigenvalue weighted by atomic mass is 16.5. The molecule has 0 spiro atoms. The van der Waals surface area contributed by atoms with Gasteiger partial charge in [-0.15, -0.1) is 0 Å². The summed E-state index contributed by atoms with van der Waals surface area (Å²) >= 11 is 0. The molecule has 0 aromatic carbocycles. The van der Waals surface area contributed by atoms with Crippen LogP contribution in [0.5, 0.6) is 0 Å². The summed E-state index contributed by atoms with van der Waals surface area (Å²) in [6.07, 6.45) is 5.87. The number of carboxylic acids is 1. The number of nitrogens with zero attached hydrogens (tertiary/aromatic N) is 1. The molecule has 2 saturated heterocycles. The lowest BCUT2D eigenvalue weighted by Crippen LogP contribution is -2.55. The second-order valence-corrected chi connectivity index (χ2v) is 8.94. The number of esters is 1. The predicted molar refractivity (Wildman–Crippen MR) is 123 cm³/mol. The lowest BCUT2D eigenvalue weighted by atomic mass is 9.84. The second-order valence-electron chi connectivity index (χ2n) is 8.94. The molecule has 3 rings (SSSR count). The van der Waals surface area contributed by atoms with E-state index in [0.29, 0.717) is 32.5 Å². The van der Waals surface area contributed by atoms with Gasteiger partial charge in [0.05, 0.1) is 12.6 Å². The zero-order chi connectivity index (χ0) is 25.3. The minimum atomic E-state index is -0.935. The normalized spacial score (nSPS) is 25.6. The number of aliphatic carboxylic acids is 1. The Balaban J connectivity index is 0.000000430. The first-order chi connectivity index (χ1) is 16.2. The van der Waals surface area contributed by atoms with Gasteiger partial charge in [-0.3, -0.25) is 24.5 Å². The van der Waals surface area contributed by atoms with E-state index >= 15 is 0 Å². The Kier molecular flexibility index (Phi) is 10.7. The minimum absolute atomic E-state index is 0.00817. The van der Waals surface area contributed by atoms with Gasteiger partial charge in [0.25, 0.3) is 0 Å². The molecule has 0 bridgehead atoms. The van der Waals surface area contributed by atoms with Crippen LogP contribution in [0.1, 0.15) is 65.7 Å². The summed E-state index contributed by atoms with van der Waals surface area (Å²) < 4.78 is 5.09. The highest BCUT2D eigenvalue weighted by Gasteiger charge is 2.48. The molecule has 1 saturated carbocycles. The van der Waals surface area contributed by atoms with Gasteiger partial charge in [0.1, 0.15) is 12.1 Å². The molecule has 0 aromatic rings. The van der Waals surface area contributed by atoms with E-state index in [4.69, 9.17) is 4.74 Å². The molecule has 1 aliphatic carbocycles. The molecule has 192 valence electrons. The highest BCUT2D eigenvalue weighted by Crippen LogP contribution is 2.40. The number of amides is 3. The summed E-state index contributed by atoms with van der Waals surface area (Å²) in [4.78, 5) is 59.0. The number of rotatable bonds is 8. The second kappa shape index (κ2) is 13.3. The van der Waals surface area contributed by atoms with Crippen molar-refractivity contribution in [2.45, 2.75) is 89.9 Å². The average Bonchev–Trinajstić information content (AvgIpc) is 3.21. The van der Waals surface area contributed by atoms with E-state index in [9.17, 15) is 29.1 Å². The van der Waals surface area contributed by atoms with Gasteiger partial charge in [-0.2, -0.15) is 0 Å². The molecule has 5 atom stereocenters. The fourth-order valence-electron chi connectivity index (χ4n) is 4.91. The molecule has 0 unspecified atom stereocenters. The Hall–Kier alpha value is -2.69. The molecular weight excluding hydrogens is 444 g/mol. The number of carboxylic acid groups (broad SMARTS) is 1. The smallest absolute Gasteiger partial charge is 0.326 e. The van der Waals surface area contributed by atoms with Crippen molar-refractivity contribution in [1.29, 1.82) is 0 Å². The number of piperazine rings is 1. The highest BCUT2D eigenvalue weighted by molar-refractivity contribution is 6.35. The summed E-state index contributed by atoms with van der Waals surface area (Å²) in [6, 6.07) is -1.92. The fourth-order valence-corrected chi connectivity index (χ4v) is 4.91. The topological polar surface area (TPSA) is 154 Å². The quantitative estimate of drug-likeness (QED) is 0.282. The first kappa shape index (κ1) is 27.6. The van der Waals surface area contributed by atoms with Gasteiger partial charge in [0.15, 0.2) is 0 Å². The van der Waals surface area contributed by atoms with Crippen LogP contribution < -0.4 is 16.0 Å². The zero-order valence-corrected chi connectivity index (χ0v) is 20.3. The third-order valence-corrected chi connectivity index (χ3v) is 6.50. The van der Waals surface area contributed by atoms with Crippen LogP contribution in [0.15, 0.2) is 0 Å². The van der Waals surface area contributed by atoms with E-state index in [1.807, 2.05) is 6.92 Å². The van der Waals surface area contributed by atoms with Gasteiger partial charge in [-0.05, 0) is 45.4 Å². The fraction of sp³-hybridized carbons (Fsp3) is 0.783. The maximum atomic E-state index is 13.1. The van der Waals surface area contributed by atoms with Crippen LogP contribution in [0, 0.1) is 5.92 Å². The molecule has 4 N–H and O–H groups in total. The van der Waals surface area contributed by atoms with Gasteiger partial charge in [0.2, 0.25) is 5.91 Å². The van der Waals surface area contributed by atoms with Crippen LogP contribution in [0.4, 0.5) is 0 Å². The summed E-state index contributed by atoms with van der Waals surface area (Å²) in [5, 5.41) is 17.4. The maximum absolute atomic E-state index is 13.1. The molecule has 2 heterocycles. The Bertz CT molecular complexity index is 744. The predicted octanol–water partition coefficient (Wildman–Crippen LogP) is 0.173. The zero-order valence-electron chi connectivity index (χ0n) is 20.3. The minimum Gasteiger partial charge on any atom is -0.480 e. The van der Waals surface area contributed by atoms with E-state index in [1.54, 1.807) is 18.7 Å². The molecule has 3 amide bonds. The van der Waals surface area contributed by atoms with Gasteiger partial charge >= 0.3 is 23.8 Å². The van der Waals surface area contributed by atoms with E-state index in [1.165, 1.54) is 0 Å². The first-order valence-corrected chi connectivity index (χ1v) is 12.2. The SMILES string of the molecule is CCC[C@H](N[C@@H](C)C(=O)N1[C@H](C(=O)O)C[C@@H]2CCCC[C@@H]21)C(=O)OCC.O=C1NCCNC1=O. The number of carbonyl (C=O) groups excluding carboxylic acids is 4. The van der Waals surface area contributed by atoms with Crippen molar-refractivity contribution in [3.63, 3.8) is 0 Å². The van der Waals surface area contributed by atoms with Crippen molar-refractivity contribution in [1.82, 2.24) is 20.9 Å². The van der Waals surface area contributed by atoms with Crippen LogP contribution in [0.2, 0.25) is 0 Å². The van der Waals surface area contributed by atoms with Crippen molar-refractivity contribution in [2.75, 3.05) is 19.7 Å². The van der Waals surface area contributed by atoms with Crippen molar-refractivity contribution in [3.05, 3.63) is 0 Å². The Morgan fingerprint density at radius 1 is 1.12 bits per heavy atom. The number of hydrogen-bond acceptors (Lipinski definition) is 7. The van der Waals surface area contributed by atoms with Crippen molar-refractivity contribution in [3.8, 4) is 0 Å². The van der Waals surface area contributed by atoms with Crippen molar-refractivity contribution < 1.29 is 33.8 Å². The summed E-state index contributed by atoms with van der Waals surface area (Å²) in [5.41, 5.74) is 0. The monoisotopic (exact) mass is 482 g/mol. The molecule has 3 fully saturated rings. The molecule has 0 aromatic heterocycles. The third-order valence-electron chi connectivity index (χ3n) is 6.50. The van der Waals surface area contributed by atoms with Crippen LogP contribution in [-0.4, -0.2) is 83.5 Å². The van der Waals surface area contributed by atoms with Crippen LogP contribution >= 0.6 is 0 Å². The summed E-state index contributed by atoms with van der Waals surface area (Å²) in [6.45, 7) is 6.81. The van der Waals surface area contributed by atoms with E-state index < -0.39 is 35.9 Å². The Morgan fingerprint density at radius 2 is 1.74 bits per heavy atom. The molecule has 11 nitrogen and oxygen atoms in total. The van der Waals surface area contributed by atoms with Crippen LogP contribution in [0.3, 0.4) is 0 Å². The van der Waals surface area contributed by atoms with E-state index in [2.05, 4.69) is 16.0 Å². The number of ether oxygens (including phenoxy) is 1. The third kappa shape index (κ3) is 7.15. The number of likely N-dealkylation sites (tertiary alicyclic amines) is 1. The van der Waals surface area contributed by atoms with Gasteiger partial charge < -0.3 is 25.4 Å². The molecule has 11 heteroatoms. The first-order valence-electron chi connectivity index (χ1n) is 12.2. The molecular formula is C23H38N4O7. The molecule has 2 aliphatic heterocycles. The van der Waals surface area contributed by atoms with E-state index in [0.717, 1.165) is 32.1 Å². The largest absolute Gasteiger partial charge is 0.480 e. The van der Waals surface area contributed by atoms with Gasteiger partial charge in [-0.1, -0.05) is 26.2 Å². The maximum Gasteiger partial charge on any atom is 0.326 e. The molecule has 34 heavy (non-hydrogen) atoms. The summed E-state index contributed by atoms with van der Waals surface area (Å²) in [7, 11) is 0.